The first-order valence-corrected chi connectivity index (χ1v) is 11.4. The summed E-state index contributed by atoms with van der Waals surface area (Å²) >= 11 is 0. The van der Waals surface area contributed by atoms with Crippen molar-refractivity contribution in [2.45, 2.75) is 37.4 Å². The van der Waals surface area contributed by atoms with Crippen LogP contribution in [0.4, 0.5) is 0 Å². The maximum Gasteiger partial charge on any atom is 0.117 e. The van der Waals surface area contributed by atoms with Crippen LogP contribution in [0.2, 0.25) is 0 Å². The molecule has 26 heavy (non-hydrogen) atoms. The van der Waals surface area contributed by atoms with Crippen molar-refractivity contribution < 1.29 is 5.11 Å². The number of benzene rings is 3. The lowest BCUT2D eigenvalue weighted by molar-refractivity contribution is 0.135. The predicted molar refractivity (Wildman–Crippen MR) is 113 cm³/mol. The second-order valence-corrected chi connectivity index (χ2v) is 10.8. The molecule has 2 atom stereocenters. The van der Waals surface area contributed by atoms with Gasteiger partial charge in [-0.15, -0.1) is 0 Å². The third-order valence-electron chi connectivity index (χ3n) is 5.68. The van der Waals surface area contributed by atoms with Crippen LogP contribution in [0.25, 0.3) is 0 Å². The van der Waals surface area contributed by atoms with Crippen LogP contribution >= 0.6 is 7.26 Å². The Morgan fingerprint density at radius 2 is 0.962 bits per heavy atom. The first-order valence-electron chi connectivity index (χ1n) is 9.57. The molecule has 1 fully saturated rings. The van der Waals surface area contributed by atoms with Gasteiger partial charge in [-0.3, -0.25) is 0 Å². The Morgan fingerprint density at radius 3 is 1.35 bits per heavy atom. The Morgan fingerprint density at radius 1 is 0.577 bits per heavy atom. The van der Waals surface area contributed by atoms with E-state index in [1.807, 2.05) is 0 Å². The van der Waals surface area contributed by atoms with Gasteiger partial charge >= 0.3 is 0 Å². The number of aliphatic hydroxyl groups is 1. The van der Waals surface area contributed by atoms with Gasteiger partial charge in [-0.1, -0.05) is 61.0 Å². The van der Waals surface area contributed by atoms with Crippen LogP contribution in [0, 0.1) is 0 Å². The van der Waals surface area contributed by atoms with Crippen molar-refractivity contribution in [2.75, 3.05) is 0 Å². The molecular weight excluding hydrogens is 335 g/mol. The number of aliphatic hydroxyl groups excluding tert-OH is 1. The maximum absolute atomic E-state index is 11.1. The van der Waals surface area contributed by atoms with Gasteiger partial charge in [0.2, 0.25) is 0 Å². The molecular formula is C24H26OP+. The van der Waals surface area contributed by atoms with Crippen molar-refractivity contribution in [2.24, 2.45) is 0 Å². The minimum Gasteiger partial charge on any atom is -0.389 e. The van der Waals surface area contributed by atoms with Crippen LogP contribution in [-0.2, 0) is 0 Å². The fourth-order valence-electron chi connectivity index (χ4n) is 4.55. The first kappa shape index (κ1) is 17.5. The summed E-state index contributed by atoms with van der Waals surface area (Å²) in [6, 6.07) is 32.8. The van der Waals surface area contributed by atoms with Gasteiger partial charge in [-0.05, 0) is 55.7 Å². The molecule has 1 aliphatic rings. The molecule has 4 rings (SSSR count). The topological polar surface area (TPSA) is 20.2 Å². The monoisotopic (exact) mass is 361 g/mol. The molecule has 0 heterocycles. The van der Waals surface area contributed by atoms with E-state index in [4.69, 9.17) is 0 Å². The molecule has 0 saturated heterocycles. The minimum absolute atomic E-state index is 0.238. The van der Waals surface area contributed by atoms with Crippen molar-refractivity contribution in [3.05, 3.63) is 91.0 Å². The van der Waals surface area contributed by atoms with Gasteiger partial charge in [0.05, 0.1) is 6.10 Å². The number of hydrogen-bond acceptors (Lipinski definition) is 1. The molecule has 0 spiro atoms. The van der Waals surface area contributed by atoms with Gasteiger partial charge in [0, 0.05) is 0 Å². The van der Waals surface area contributed by atoms with E-state index in [0.717, 1.165) is 19.3 Å². The second-order valence-electron chi connectivity index (χ2n) is 7.15. The summed E-state index contributed by atoms with van der Waals surface area (Å²) in [6.07, 6.45) is 4.11. The Kier molecular flexibility index (Phi) is 5.20. The number of rotatable bonds is 4. The molecule has 3 aromatic rings. The quantitative estimate of drug-likeness (QED) is 0.688. The zero-order chi connectivity index (χ0) is 17.8. The number of hydrogen-bond donors (Lipinski definition) is 1. The van der Waals surface area contributed by atoms with Crippen LogP contribution in [0.3, 0.4) is 0 Å². The smallest absolute Gasteiger partial charge is 0.117 e. The average molecular weight is 361 g/mol. The van der Waals surface area contributed by atoms with Crippen molar-refractivity contribution in [1.29, 1.82) is 0 Å². The third-order valence-corrected chi connectivity index (χ3v) is 10.6. The molecule has 1 aliphatic carbocycles. The lowest BCUT2D eigenvalue weighted by atomic mass is 9.97. The highest BCUT2D eigenvalue weighted by atomic mass is 31.2. The van der Waals surface area contributed by atoms with E-state index in [2.05, 4.69) is 91.0 Å². The maximum atomic E-state index is 11.1. The van der Waals surface area contributed by atoms with Gasteiger partial charge in [0.1, 0.15) is 28.8 Å². The summed E-state index contributed by atoms with van der Waals surface area (Å²) in [4.78, 5) is 0. The fraction of sp³-hybridized carbons (Fsp3) is 0.250. The van der Waals surface area contributed by atoms with E-state index in [1.54, 1.807) is 0 Å². The summed E-state index contributed by atoms with van der Waals surface area (Å²) in [5.74, 6) is 0. The SMILES string of the molecule is O[C@H]1CCCC[C@@H]1[P+](c1ccccc1)(c1ccccc1)c1ccccc1. The predicted octanol–water partition coefficient (Wildman–Crippen LogP) is 4.28. The van der Waals surface area contributed by atoms with E-state index in [-0.39, 0.29) is 11.8 Å². The van der Waals surface area contributed by atoms with Crippen LogP contribution in [0.15, 0.2) is 91.0 Å². The normalized spacial score (nSPS) is 20.7. The zero-order valence-electron chi connectivity index (χ0n) is 15.0. The van der Waals surface area contributed by atoms with Crippen LogP contribution in [0.5, 0.6) is 0 Å². The van der Waals surface area contributed by atoms with Crippen molar-refractivity contribution in [3.63, 3.8) is 0 Å². The zero-order valence-corrected chi connectivity index (χ0v) is 15.9. The van der Waals surface area contributed by atoms with E-state index in [1.165, 1.54) is 22.3 Å². The Labute approximate surface area is 157 Å². The van der Waals surface area contributed by atoms with E-state index >= 15 is 0 Å². The van der Waals surface area contributed by atoms with E-state index in [9.17, 15) is 5.11 Å². The average Bonchev–Trinajstić information content (AvgIpc) is 2.72. The highest BCUT2D eigenvalue weighted by molar-refractivity contribution is 7.96. The van der Waals surface area contributed by atoms with Gasteiger partial charge < -0.3 is 5.11 Å². The van der Waals surface area contributed by atoms with Crippen molar-refractivity contribution in [1.82, 2.24) is 0 Å². The molecule has 0 amide bonds. The van der Waals surface area contributed by atoms with Crippen LogP contribution < -0.4 is 15.9 Å². The molecule has 1 N–H and O–H groups in total. The summed E-state index contributed by atoms with van der Waals surface area (Å²) in [6.45, 7) is 0. The van der Waals surface area contributed by atoms with Crippen LogP contribution in [0.1, 0.15) is 25.7 Å². The van der Waals surface area contributed by atoms with Crippen molar-refractivity contribution in [3.8, 4) is 0 Å². The third kappa shape index (κ3) is 3.00. The van der Waals surface area contributed by atoms with E-state index in [0.29, 0.717) is 0 Å². The Bertz CT molecular complexity index is 720. The summed E-state index contributed by atoms with van der Waals surface area (Å²) in [5.41, 5.74) is 0.281. The first-order chi connectivity index (χ1) is 12.8. The molecule has 0 aliphatic heterocycles. The van der Waals surface area contributed by atoms with E-state index < -0.39 is 7.26 Å². The largest absolute Gasteiger partial charge is 0.389 e. The molecule has 3 aromatic carbocycles. The lowest BCUT2D eigenvalue weighted by Gasteiger charge is -2.39. The van der Waals surface area contributed by atoms with Gasteiger partial charge in [0.25, 0.3) is 0 Å². The van der Waals surface area contributed by atoms with Gasteiger partial charge in [-0.2, -0.15) is 0 Å². The highest BCUT2D eigenvalue weighted by Gasteiger charge is 2.55. The standard InChI is InChI=1S/C24H26OP/c25-23-18-10-11-19-24(23)26(20-12-4-1-5-13-20,21-14-6-2-7-15-21)22-16-8-3-9-17-22/h1-9,12-17,23-25H,10-11,18-19H2/q+1/t23-,24-/m0/s1. The summed E-state index contributed by atoms with van der Waals surface area (Å²) in [5, 5.41) is 15.3. The Hall–Kier alpha value is -1.95. The molecule has 0 aromatic heterocycles. The molecule has 0 bridgehead atoms. The summed E-state index contributed by atoms with van der Waals surface area (Å²) in [7, 11) is -1.93. The van der Waals surface area contributed by atoms with Gasteiger partial charge in [-0.25, -0.2) is 0 Å². The molecule has 0 radical (unpaired) electrons. The van der Waals surface area contributed by atoms with Gasteiger partial charge in [0.15, 0.2) is 0 Å². The molecule has 1 saturated carbocycles. The lowest BCUT2D eigenvalue weighted by Crippen LogP contribution is -2.45. The molecule has 2 heteroatoms. The minimum atomic E-state index is -1.93. The van der Waals surface area contributed by atoms with Crippen molar-refractivity contribution >= 4 is 23.2 Å². The second kappa shape index (κ2) is 7.74. The fourth-order valence-corrected chi connectivity index (χ4v) is 9.76. The highest BCUT2D eigenvalue weighted by Crippen LogP contribution is 2.63. The molecule has 1 nitrogen and oxygen atoms in total. The molecule has 132 valence electrons. The molecule has 0 unspecified atom stereocenters. The van der Waals surface area contributed by atoms with Crippen LogP contribution in [-0.4, -0.2) is 16.9 Å². The Balaban J connectivity index is 2.03. The summed E-state index contributed by atoms with van der Waals surface area (Å²) < 4.78 is 0.